The van der Waals surface area contributed by atoms with E-state index >= 15 is 0 Å². The number of carbonyl (C=O) groups is 2. The Hall–Kier alpha value is -1.64. The van der Waals surface area contributed by atoms with Gasteiger partial charge in [0.25, 0.3) is 5.91 Å². The number of anilines is 1. The molecule has 1 aromatic rings. The Bertz CT molecular complexity index is 758. The molecule has 0 atom stereocenters. The van der Waals surface area contributed by atoms with Crippen LogP contribution in [-0.2, 0) is 24.3 Å². The molecule has 0 spiro atoms. The van der Waals surface area contributed by atoms with E-state index in [0.29, 0.717) is 13.1 Å². The van der Waals surface area contributed by atoms with Crippen LogP contribution in [0.25, 0.3) is 0 Å². The average Bonchev–Trinajstić information content (AvgIpc) is 3.40. The number of halogens is 1. The lowest BCUT2D eigenvalue weighted by Gasteiger charge is -2.19. The molecule has 0 saturated heterocycles. The number of carbonyl (C=O) groups excluding carboxylic acids is 2. The first kappa shape index (κ1) is 19.7. The molecule has 0 radical (unpaired) electrons. The number of nitrogens with one attached hydrogen (secondary N) is 1. The molecular formula is C16H21ClN2O5S. The fourth-order valence-electron chi connectivity index (χ4n) is 2.25. The van der Waals surface area contributed by atoms with E-state index in [0.717, 1.165) is 12.8 Å². The van der Waals surface area contributed by atoms with Crippen molar-refractivity contribution in [2.45, 2.75) is 31.6 Å². The first-order chi connectivity index (χ1) is 11.8. The van der Waals surface area contributed by atoms with Gasteiger partial charge in [-0.15, -0.1) is 0 Å². The third-order valence-corrected chi connectivity index (χ3v) is 6.33. The Morgan fingerprint density at radius 2 is 1.92 bits per heavy atom. The van der Waals surface area contributed by atoms with E-state index in [4.69, 9.17) is 16.3 Å². The molecule has 1 fully saturated rings. The molecule has 0 aromatic heterocycles. The molecule has 1 aromatic carbocycles. The Balaban J connectivity index is 2.09. The van der Waals surface area contributed by atoms with Crippen LogP contribution in [-0.4, -0.2) is 44.3 Å². The van der Waals surface area contributed by atoms with Gasteiger partial charge in [0.15, 0.2) is 6.61 Å². The van der Waals surface area contributed by atoms with Crippen LogP contribution in [0.3, 0.4) is 0 Å². The van der Waals surface area contributed by atoms with Gasteiger partial charge < -0.3 is 10.1 Å². The van der Waals surface area contributed by atoms with Gasteiger partial charge in [-0.05, 0) is 31.0 Å². The monoisotopic (exact) mass is 388 g/mol. The molecule has 0 bridgehead atoms. The van der Waals surface area contributed by atoms with Crippen molar-refractivity contribution in [2.75, 3.05) is 25.0 Å². The summed E-state index contributed by atoms with van der Waals surface area (Å²) in [5.41, 5.74) is 0.266. The van der Waals surface area contributed by atoms with E-state index in [-0.39, 0.29) is 27.5 Å². The van der Waals surface area contributed by atoms with Crippen LogP contribution in [0.15, 0.2) is 23.1 Å². The number of ether oxygens (including phenoxy) is 1. The van der Waals surface area contributed by atoms with Crippen LogP contribution in [0.1, 0.15) is 26.7 Å². The maximum atomic E-state index is 12.6. The minimum absolute atomic E-state index is 0.0741. The lowest BCUT2D eigenvalue weighted by molar-refractivity contribution is -0.148. The van der Waals surface area contributed by atoms with E-state index in [2.05, 4.69) is 5.32 Å². The summed E-state index contributed by atoms with van der Waals surface area (Å²) >= 11 is 6.03. The van der Waals surface area contributed by atoms with Gasteiger partial charge in [0.05, 0.1) is 10.9 Å². The molecule has 25 heavy (non-hydrogen) atoms. The van der Waals surface area contributed by atoms with Crippen LogP contribution in [0.2, 0.25) is 5.02 Å². The molecule has 0 heterocycles. The number of hydrogen-bond donors (Lipinski definition) is 1. The third kappa shape index (κ3) is 4.93. The topological polar surface area (TPSA) is 92.8 Å². The van der Waals surface area contributed by atoms with Crippen molar-refractivity contribution in [1.29, 1.82) is 0 Å². The molecule has 9 heteroatoms. The first-order valence-electron chi connectivity index (χ1n) is 8.05. The smallest absolute Gasteiger partial charge is 0.309 e. The van der Waals surface area contributed by atoms with Gasteiger partial charge in [0.1, 0.15) is 4.90 Å². The zero-order valence-corrected chi connectivity index (χ0v) is 15.7. The first-order valence-corrected chi connectivity index (χ1v) is 9.87. The van der Waals surface area contributed by atoms with Gasteiger partial charge in [0.2, 0.25) is 10.0 Å². The molecule has 138 valence electrons. The van der Waals surface area contributed by atoms with Crippen molar-refractivity contribution >= 4 is 39.2 Å². The number of amides is 1. The van der Waals surface area contributed by atoms with Crippen molar-refractivity contribution in [2.24, 2.45) is 5.92 Å². The van der Waals surface area contributed by atoms with E-state index in [9.17, 15) is 18.0 Å². The van der Waals surface area contributed by atoms with E-state index in [1.807, 2.05) is 0 Å². The summed E-state index contributed by atoms with van der Waals surface area (Å²) < 4.78 is 31.4. The van der Waals surface area contributed by atoms with Gasteiger partial charge in [0, 0.05) is 18.8 Å². The molecule has 1 N–H and O–H groups in total. The van der Waals surface area contributed by atoms with Crippen molar-refractivity contribution in [3.8, 4) is 0 Å². The molecule has 1 saturated carbocycles. The Morgan fingerprint density at radius 1 is 1.28 bits per heavy atom. The van der Waals surface area contributed by atoms with Gasteiger partial charge in [-0.25, -0.2) is 8.42 Å². The van der Waals surface area contributed by atoms with Gasteiger partial charge in [-0.1, -0.05) is 25.4 Å². The summed E-state index contributed by atoms with van der Waals surface area (Å²) in [6.07, 6.45) is 1.59. The molecule has 1 aliphatic rings. The van der Waals surface area contributed by atoms with Crippen LogP contribution in [0.5, 0.6) is 0 Å². The number of esters is 1. The maximum absolute atomic E-state index is 12.6. The standard InChI is InChI=1S/C16H21ClN2O5S/c1-3-19(4-2)25(22,23)14-9-12(7-8-13(14)17)18-15(20)10-24-16(21)11-5-6-11/h7-9,11H,3-6,10H2,1-2H3,(H,18,20). The quantitative estimate of drug-likeness (QED) is 0.689. The lowest BCUT2D eigenvalue weighted by atomic mass is 10.3. The molecule has 0 aliphatic heterocycles. The summed E-state index contributed by atoms with van der Waals surface area (Å²) in [4.78, 5) is 23.2. The average molecular weight is 389 g/mol. The second kappa shape index (κ2) is 8.16. The van der Waals surface area contributed by atoms with Crippen molar-refractivity contribution in [3.63, 3.8) is 0 Å². The zero-order valence-electron chi connectivity index (χ0n) is 14.1. The predicted octanol–water partition coefficient (Wildman–Crippen LogP) is 2.26. The van der Waals surface area contributed by atoms with Crippen LogP contribution in [0.4, 0.5) is 5.69 Å². The van der Waals surface area contributed by atoms with E-state index < -0.39 is 22.5 Å². The van der Waals surface area contributed by atoms with Gasteiger partial charge >= 0.3 is 5.97 Å². The summed E-state index contributed by atoms with van der Waals surface area (Å²) in [6, 6.07) is 4.20. The number of benzene rings is 1. The molecule has 1 aliphatic carbocycles. The summed E-state index contributed by atoms with van der Waals surface area (Å²) in [5, 5.41) is 2.59. The highest BCUT2D eigenvalue weighted by Gasteiger charge is 2.31. The molecular weight excluding hydrogens is 368 g/mol. The second-order valence-corrected chi connectivity index (χ2v) is 7.98. The largest absolute Gasteiger partial charge is 0.455 e. The molecule has 7 nitrogen and oxygen atoms in total. The second-order valence-electron chi connectivity index (χ2n) is 5.66. The highest BCUT2D eigenvalue weighted by atomic mass is 35.5. The lowest BCUT2D eigenvalue weighted by Crippen LogP contribution is -2.31. The van der Waals surface area contributed by atoms with Crippen molar-refractivity contribution in [3.05, 3.63) is 23.2 Å². The fraction of sp³-hybridized carbons (Fsp3) is 0.500. The third-order valence-electron chi connectivity index (χ3n) is 3.79. The van der Waals surface area contributed by atoms with Gasteiger partial charge in [-0.2, -0.15) is 4.31 Å². The Morgan fingerprint density at radius 3 is 2.48 bits per heavy atom. The Kier molecular flexibility index (Phi) is 6.42. The minimum Gasteiger partial charge on any atom is -0.455 e. The highest BCUT2D eigenvalue weighted by molar-refractivity contribution is 7.89. The van der Waals surface area contributed by atoms with E-state index in [1.54, 1.807) is 13.8 Å². The van der Waals surface area contributed by atoms with Crippen molar-refractivity contribution < 1.29 is 22.7 Å². The number of sulfonamides is 1. The number of rotatable bonds is 8. The minimum atomic E-state index is -3.75. The summed E-state index contributed by atoms with van der Waals surface area (Å²) in [7, 11) is -3.75. The van der Waals surface area contributed by atoms with Crippen LogP contribution < -0.4 is 5.32 Å². The van der Waals surface area contributed by atoms with Crippen molar-refractivity contribution in [1.82, 2.24) is 4.31 Å². The normalized spacial score (nSPS) is 14.4. The number of nitrogens with zero attached hydrogens (tertiary/aromatic N) is 1. The predicted molar refractivity (Wildman–Crippen MR) is 93.9 cm³/mol. The van der Waals surface area contributed by atoms with E-state index in [1.165, 1.54) is 22.5 Å². The van der Waals surface area contributed by atoms with Gasteiger partial charge in [-0.3, -0.25) is 9.59 Å². The number of hydrogen-bond acceptors (Lipinski definition) is 5. The highest BCUT2D eigenvalue weighted by Crippen LogP contribution is 2.30. The van der Waals surface area contributed by atoms with Crippen LogP contribution in [0, 0.1) is 5.92 Å². The van der Waals surface area contributed by atoms with Crippen LogP contribution >= 0.6 is 11.6 Å². The maximum Gasteiger partial charge on any atom is 0.309 e. The molecule has 1 amide bonds. The zero-order chi connectivity index (χ0) is 18.6. The SMILES string of the molecule is CCN(CC)S(=O)(=O)c1cc(NC(=O)COC(=O)C2CC2)ccc1Cl. The molecule has 0 unspecified atom stereocenters. The Labute approximate surface area is 152 Å². The summed E-state index contributed by atoms with van der Waals surface area (Å²) in [6.45, 7) is 3.67. The summed E-state index contributed by atoms with van der Waals surface area (Å²) in [5.74, 6) is -1.01. The fourth-order valence-corrected chi connectivity index (χ4v) is 4.21. The molecule has 2 rings (SSSR count).